The van der Waals surface area contributed by atoms with E-state index in [2.05, 4.69) is 46.4 Å². The Bertz CT molecular complexity index is 820. The van der Waals surface area contributed by atoms with Gasteiger partial charge in [0.2, 0.25) is 11.9 Å². The summed E-state index contributed by atoms with van der Waals surface area (Å²) in [7, 11) is 0. The molecule has 3 rings (SSSR count). The van der Waals surface area contributed by atoms with E-state index in [1.54, 1.807) is 0 Å². The van der Waals surface area contributed by atoms with Crippen molar-refractivity contribution in [3.63, 3.8) is 0 Å². The van der Waals surface area contributed by atoms with E-state index in [1.165, 1.54) is 23.6 Å². The molecule has 0 aliphatic carbocycles. The summed E-state index contributed by atoms with van der Waals surface area (Å²) in [5.74, 6) is 0.732. The van der Waals surface area contributed by atoms with Gasteiger partial charge in [0, 0.05) is 25.2 Å². The normalized spacial score (nSPS) is 12.4. The Labute approximate surface area is 158 Å². The average Bonchev–Trinajstić information content (AvgIpc) is 2.93. The van der Waals surface area contributed by atoms with Gasteiger partial charge in [-0.15, -0.1) is 0 Å². The monoisotopic (exact) mass is 376 g/mol. The van der Waals surface area contributed by atoms with Crippen LogP contribution in [0.3, 0.4) is 0 Å². The van der Waals surface area contributed by atoms with Gasteiger partial charge in [0.25, 0.3) is 0 Å². The van der Waals surface area contributed by atoms with Gasteiger partial charge >= 0.3 is 0 Å². The Kier molecular flexibility index (Phi) is 6.37. The zero-order chi connectivity index (χ0) is 19.4. The van der Waals surface area contributed by atoms with Crippen molar-refractivity contribution in [3.8, 4) is 0 Å². The number of nitrogens with two attached hydrogens (primary N) is 2. The van der Waals surface area contributed by atoms with E-state index >= 15 is 0 Å². The number of anilines is 2. The highest BCUT2D eigenvalue weighted by atomic mass is 35.5. The molecule has 0 radical (unpaired) electrons. The molecular weight excluding hydrogens is 352 g/mol. The highest BCUT2D eigenvalue weighted by Crippen LogP contribution is 2.32. The highest BCUT2D eigenvalue weighted by Gasteiger charge is 2.25. The summed E-state index contributed by atoms with van der Waals surface area (Å²) in [6.07, 6.45) is 3.82. The van der Waals surface area contributed by atoms with Crippen LogP contribution in [0, 0.1) is 13.8 Å². The number of aromatic nitrogens is 3. The van der Waals surface area contributed by atoms with E-state index in [9.17, 15) is 4.79 Å². The molecule has 140 valence electrons. The Morgan fingerprint density at radius 1 is 1.35 bits per heavy atom. The lowest BCUT2D eigenvalue weighted by Gasteiger charge is -2.20. The predicted octanol–water partition coefficient (Wildman–Crippen LogP) is 2.34. The largest absolute Gasteiger partial charge is 0.370 e. The fraction of sp³-hybridized carbons (Fsp3) is 0.444. The zero-order valence-electron chi connectivity index (χ0n) is 15.6. The summed E-state index contributed by atoms with van der Waals surface area (Å²) in [5.41, 5.74) is 16.2. The van der Waals surface area contributed by atoms with Crippen LogP contribution >= 0.6 is 11.6 Å². The van der Waals surface area contributed by atoms with Gasteiger partial charge in [-0.3, -0.25) is 9.78 Å². The number of amides is 1. The smallest absolute Gasteiger partial charge is 0.223 e. The molecular formula is C18H25ClN6O. The minimum atomic E-state index is -0.333. The summed E-state index contributed by atoms with van der Waals surface area (Å²) >= 11 is 6.17. The van der Waals surface area contributed by atoms with Crippen molar-refractivity contribution in [2.45, 2.75) is 47.1 Å². The molecule has 0 spiro atoms. The van der Waals surface area contributed by atoms with Crippen molar-refractivity contribution in [1.29, 1.82) is 0 Å². The van der Waals surface area contributed by atoms with Crippen LogP contribution in [0.2, 0.25) is 5.15 Å². The second-order valence-electron chi connectivity index (χ2n) is 6.30. The van der Waals surface area contributed by atoms with Crippen molar-refractivity contribution >= 4 is 29.3 Å². The van der Waals surface area contributed by atoms with Crippen molar-refractivity contribution < 1.29 is 4.79 Å². The van der Waals surface area contributed by atoms with E-state index in [0.29, 0.717) is 5.15 Å². The molecule has 7 nitrogen and oxygen atoms in total. The first kappa shape index (κ1) is 19.9. The fourth-order valence-corrected chi connectivity index (χ4v) is 3.41. The van der Waals surface area contributed by atoms with Gasteiger partial charge in [-0.2, -0.15) is 4.98 Å². The number of nitrogens with zero attached hydrogens (tertiary/aromatic N) is 4. The Morgan fingerprint density at radius 2 is 2.00 bits per heavy atom. The van der Waals surface area contributed by atoms with Crippen LogP contribution < -0.4 is 16.4 Å². The fourth-order valence-electron chi connectivity index (χ4n) is 3.15. The number of pyridine rings is 1. The first-order valence-electron chi connectivity index (χ1n) is 8.51. The molecule has 1 amide bonds. The summed E-state index contributed by atoms with van der Waals surface area (Å²) < 4.78 is 0. The summed E-state index contributed by atoms with van der Waals surface area (Å²) in [6, 6.07) is 0. The lowest BCUT2D eigenvalue weighted by atomic mass is 10.0. The van der Waals surface area contributed by atoms with Crippen LogP contribution in [0.15, 0.2) is 6.20 Å². The molecule has 0 aromatic carbocycles. The standard InChI is InChI=1S/C16H20ClN5.C2H5NO/c1-4-11-9(2)7-19-13(10(11)3)8-22-6-5-12-14(17)20-16(18)21-15(12)22;1-2(3)4/h7H,4-6,8H2,1-3H3,(H2,18,20,21);1H3,(H2,3,4). The summed E-state index contributed by atoms with van der Waals surface area (Å²) in [4.78, 5) is 24.4. The molecule has 0 fully saturated rings. The number of nitrogen functional groups attached to an aromatic ring is 1. The number of hydrogen-bond donors (Lipinski definition) is 2. The molecule has 1 aliphatic rings. The number of fused-ring (bicyclic) bond motifs is 1. The summed E-state index contributed by atoms with van der Waals surface area (Å²) in [5, 5.41) is 0.466. The first-order chi connectivity index (χ1) is 12.2. The van der Waals surface area contributed by atoms with E-state index in [1.807, 2.05) is 6.20 Å². The van der Waals surface area contributed by atoms with Gasteiger partial charge in [0.15, 0.2) is 0 Å². The maximum atomic E-state index is 9.22. The third-order valence-corrected chi connectivity index (χ3v) is 4.67. The lowest BCUT2D eigenvalue weighted by molar-refractivity contribution is -0.115. The molecule has 0 bridgehead atoms. The van der Waals surface area contributed by atoms with Crippen LogP contribution in [-0.4, -0.2) is 27.4 Å². The zero-order valence-corrected chi connectivity index (χ0v) is 16.4. The molecule has 1 aliphatic heterocycles. The minimum Gasteiger partial charge on any atom is -0.370 e. The van der Waals surface area contributed by atoms with E-state index in [0.717, 1.165) is 43.0 Å². The molecule has 26 heavy (non-hydrogen) atoms. The maximum Gasteiger partial charge on any atom is 0.223 e. The summed E-state index contributed by atoms with van der Waals surface area (Å²) in [6.45, 7) is 9.33. The van der Waals surface area contributed by atoms with Crippen LogP contribution in [0.1, 0.15) is 41.8 Å². The topological polar surface area (TPSA) is 111 Å². The number of hydrogen-bond acceptors (Lipinski definition) is 6. The van der Waals surface area contributed by atoms with Crippen LogP contribution in [0.4, 0.5) is 11.8 Å². The van der Waals surface area contributed by atoms with Crippen LogP contribution in [0.25, 0.3) is 0 Å². The van der Waals surface area contributed by atoms with Crippen molar-refractivity contribution in [1.82, 2.24) is 15.0 Å². The molecule has 0 atom stereocenters. The van der Waals surface area contributed by atoms with Crippen molar-refractivity contribution in [3.05, 3.63) is 39.3 Å². The van der Waals surface area contributed by atoms with Gasteiger partial charge in [0.05, 0.1) is 12.2 Å². The predicted molar refractivity (Wildman–Crippen MR) is 104 cm³/mol. The molecule has 4 N–H and O–H groups in total. The average molecular weight is 377 g/mol. The SMILES string of the molecule is CC(N)=O.CCc1c(C)cnc(CN2CCc3c(Cl)nc(N)nc32)c1C. The van der Waals surface area contributed by atoms with Gasteiger partial charge < -0.3 is 16.4 Å². The van der Waals surface area contributed by atoms with Crippen LogP contribution in [0.5, 0.6) is 0 Å². The van der Waals surface area contributed by atoms with E-state index in [4.69, 9.17) is 17.3 Å². The van der Waals surface area contributed by atoms with Gasteiger partial charge in [-0.25, -0.2) is 4.98 Å². The molecule has 2 aromatic rings. The quantitative estimate of drug-likeness (QED) is 0.795. The molecule has 8 heteroatoms. The lowest BCUT2D eigenvalue weighted by Crippen LogP contribution is -2.22. The van der Waals surface area contributed by atoms with Gasteiger partial charge in [-0.05, 0) is 43.4 Å². The number of primary amides is 1. The number of aryl methyl sites for hydroxylation is 1. The molecule has 0 saturated carbocycles. The van der Waals surface area contributed by atoms with Crippen molar-refractivity contribution in [2.75, 3.05) is 17.2 Å². The minimum absolute atomic E-state index is 0.221. The van der Waals surface area contributed by atoms with E-state index in [-0.39, 0.29) is 11.9 Å². The van der Waals surface area contributed by atoms with Gasteiger partial charge in [-0.1, -0.05) is 18.5 Å². The number of halogens is 1. The Balaban J connectivity index is 0.000000552. The molecule has 0 saturated heterocycles. The molecule has 0 unspecified atom stereocenters. The Hall–Kier alpha value is -2.41. The maximum absolute atomic E-state index is 9.22. The third kappa shape index (κ3) is 4.40. The Morgan fingerprint density at radius 3 is 2.62 bits per heavy atom. The number of carbonyl (C=O) groups is 1. The second-order valence-corrected chi connectivity index (χ2v) is 6.66. The second kappa shape index (κ2) is 8.31. The van der Waals surface area contributed by atoms with Crippen molar-refractivity contribution in [2.24, 2.45) is 5.73 Å². The molecule has 3 heterocycles. The number of carbonyl (C=O) groups excluding carboxylic acids is 1. The van der Waals surface area contributed by atoms with Gasteiger partial charge in [0.1, 0.15) is 11.0 Å². The van der Waals surface area contributed by atoms with Crippen LogP contribution in [-0.2, 0) is 24.2 Å². The van der Waals surface area contributed by atoms with E-state index < -0.39 is 0 Å². The molecule has 2 aromatic heterocycles. The number of rotatable bonds is 3. The third-order valence-electron chi connectivity index (χ3n) is 4.35. The highest BCUT2D eigenvalue weighted by molar-refractivity contribution is 6.30. The first-order valence-corrected chi connectivity index (χ1v) is 8.89.